The highest BCUT2D eigenvalue weighted by molar-refractivity contribution is 8.08. The maximum Gasteiger partial charge on any atom is 0.232 e. The van der Waals surface area contributed by atoms with Gasteiger partial charge < -0.3 is 0 Å². The van der Waals surface area contributed by atoms with Gasteiger partial charge in [0.05, 0.1) is 12.1 Å². The Bertz CT molecular complexity index is 586. The molecule has 132 valence electrons. The minimum atomic E-state index is -4.09. The molecule has 23 heavy (non-hydrogen) atoms. The van der Waals surface area contributed by atoms with Gasteiger partial charge in [0.25, 0.3) is 0 Å². The van der Waals surface area contributed by atoms with E-state index in [0.717, 1.165) is 13.8 Å². The van der Waals surface area contributed by atoms with E-state index in [9.17, 15) is 16.8 Å². The lowest BCUT2D eigenvalue weighted by Crippen LogP contribution is -2.52. The number of unbranched alkanes of at least 4 members (excludes halogenated alkanes) is 4. The molecule has 0 aromatic rings. The molecule has 0 bridgehead atoms. The van der Waals surface area contributed by atoms with Gasteiger partial charge >= 0.3 is 0 Å². The Labute approximate surface area is 139 Å². The molecule has 0 aliphatic carbocycles. The first-order valence-electron chi connectivity index (χ1n) is 7.34. The Morgan fingerprint density at radius 3 is 1.43 bits per heavy atom. The predicted octanol–water partition coefficient (Wildman–Crippen LogP) is 0.949. The summed E-state index contributed by atoms with van der Waals surface area (Å²) >= 11 is 0. The van der Waals surface area contributed by atoms with Crippen molar-refractivity contribution in [2.24, 2.45) is 0 Å². The Hall–Kier alpha value is -1.20. The third kappa shape index (κ3) is 6.83. The van der Waals surface area contributed by atoms with Crippen LogP contribution in [0.2, 0.25) is 0 Å². The zero-order valence-electron chi connectivity index (χ0n) is 13.5. The van der Waals surface area contributed by atoms with Crippen LogP contribution in [0.15, 0.2) is 0 Å². The number of hydrogen-bond acceptors (Lipinski definition) is 6. The molecule has 0 aromatic carbocycles. The number of nitriles is 2. The topological polar surface area (TPSA) is 140 Å². The molecule has 0 saturated heterocycles. The molecule has 0 aliphatic heterocycles. The maximum absolute atomic E-state index is 12.2. The van der Waals surface area contributed by atoms with E-state index in [2.05, 4.69) is 9.44 Å². The van der Waals surface area contributed by atoms with Crippen LogP contribution < -0.4 is 9.44 Å². The minimum absolute atomic E-state index is 0.0884. The van der Waals surface area contributed by atoms with Crippen LogP contribution >= 0.6 is 0 Å². The lowest BCUT2D eigenvalue weighted by atomic mass is 10.2. The molecule has 0 radical (unpaired) electrons. The highest BCUT2D eigenvalue weighted by Gasteiger charge is 2.46. The molecule has 0 amide bonds. The molecule has 10 heteroatoms. The van der Waals surface area contributed by atoms with Crippen LogP contribution in [0.1, 0.15) is 52.4 Å². The van der Waals surface area contributed by atoms with Crippen molar-refractivity contribution in [3.63, 3.8) is 0 Å². The van der Waals surface area contributed by atoms with Crippen molar-refractivity contribution in [3.8, 4) is 12.1 Å². The Kier molecular flexibility index (Phi) is 9.32. The van der Waals surface area contributed by atoms with E-state index >= 15 is 0 Å². The molecule has 0 fully saturated rings. The highest BCUT2D eigenvalue weighted by atomic mass is 32.3. The van der Waals surface area contributed by atoms with E-state index in [1.54, 1.807) is 0 Å². The first kappa shape index (κ1) is 21.8. The van der Waals surface area contributed by atoms with Crippen LogP contribution in [0, 0.1) is 22.7 Å². The van der Waals surface area contributed by atoms with Gasteiger partial charge in [-0.2, -0.15) is 10.5 Å². The van der Waals surface area contributed by atoms with Crippen LogP contribution in [-0.2, 0) is 20.0 Å². The van der Waals surface area contributed by atoms with Gasteiger partial charge in [0.15, 0.2) is 4.08 Å². The number of sulfonamides is 2. The molecule has 0 unspecified atom stereocenters. The summed E-state index contributed by atoms with van der Waals surface area (Å²) < 4.78 is 51.4. The fourth-order valence-corrected chi connectivity index (χ4v) is 4.59. The molecule has 0 atom stereocenters. The molecule has 0 rings (SSSR count). The molecule has 8 nitrogen and oxygen atoms in total. The largest absolute Gasteiger partial charge is 0.232 e. The minimum Gasteiger partial charge on any atom is -0.214 e. The predicted molar refractivity (Wildman–Crippen MR) is 86.9 cm³/mol. The van der Waals surface area contributed by atoms with Crippen LogP contribution in [0.3, 0.4) is 0 Å². The van der Waals surface area contributed by atoms with E-state index in [0.29, 0.717) is 38.5 Å². The lowest BCUT2D eigenvalue weighted by Gasteiger charge is -2.25. The molecule has 0 aliphatic rings. The second-order valence-corrected chi connectivity index (χ2v) is 10.3. The molecule has 0 saturated carbocycles. The normalized spacial score (nSPS) is 12.5. The van der Waals surface area contributed by atoms with Gasteiger partial charge in [-0.1, -0.05) is 0 Å². The molecular weight excluding hydrogens is 340 g/mol. The quantitative estimate of drug-likeness (QED) is 0.494. The van der Waals surface area contributed by atoms with Crippen molar-refractivity contribution < 1.29 is 16.8 Å². The molecule has 2 N–H and O–H groups in total. The lowest BCUT2D eigenvalue weighted by molar-refractivity contribution is 0.535. The number of hydrogen-bond donors (Lipinski definition) is 2. The number of nitrogens with zero attached hydrogens (tertiary/aromatic N) is 2. The fourth-order valence-electron chi connectivity index (χ4n) is 1.56. The van der Waals surface area contributed by atoms with E-state index in [4.69, 9.17) is 10.5 Å². The smallest absolute Gasteiger partial charge is 0.214 e. The Morgan fingerprint density at radius 2 is 1.13 bits per heavy atom. The van der Waals surface area contributed by atoms with Gasteiger partial charge in [0.1, 0.15) is 0 Å². The highest BCUT2D eigenvalue weighted by Crippen LogP contribution is 2.22. The average Bonchev–Trinajstić information content (AvgIpc) is 2.46. The van der Waals surface area contributed by atoms with Gasteiger partial charge in [0.2, 0.25) is 20.0 Å². The third-order valence-electron chi connectivity index (χ3n) is 3.31. The standard InChI is InChI=1S/C13H24N4O4S2/c1-13(2,22(18,19)16-11-7-3-5-9-14)23(20,21)17-12-8-4-6-10-15/h16-17H,3-8,11-12H2,1-2H3. The van der Waals surface area contributed by atoms with Gasteiger partial charge in [-0.15, -0.1) is 0 Å². The van der Waals surface area contributed by atoms with Crippen molar-refractivity contribution in [2.75, 3.05) is 13.1 Å². The second kappa shape index (κ2) is 9.83. The molecule has 0 aromatic heterocycles. The van der Waals surface area contributed by atoms with Crippen molar-refractivity contribution in [2.45, 2.75) is 56.5 Å². The van der Waals surface area contributed by atoms with E-state index in [1.807, 2.05) is 12.1 Å². The van der Waals surface area contributed by atoms with Crippen LogP contribution in [-0.4, -0.2) is 34.0 Å². The Morgan fingerprint density at radius 1 is 0.783 bits per heavy atom. The van der Waals surface area contributed by atoms with Gasteiger partial charge in [-0.3, -0.25) is 0 Å². The van der Waals surface area contributed by atoms with E-state index in [1.165, 1.54) is 0 Å². The van der Waals surface area contributed by atoms with Crippen molar-refractivity contribution >= 4 is 20.0 Å². The van der Waals surface area contributed by atoms with Crippen LogP contribution in [0.25, 0.3) is 0 Å². The van der Waals surface area contributed by atoms with Gasteiger partial charge in [-0.25, -0.2) is 26.3 Å². The second-order valence-electron chi connectivity index (χ2n) is 5.43. The third-order valence-corrected chi connectivity index (χ3v) is 8.38. The van der Waals surface area contributed by atoms with E-state index < -0.39 is 24.1 Å². The maximum atomic E-state index is 12.2. The van der Waals surface area contributed by atoms with Crippen LogP contribution in [0.5, 0.6) is 0 Å². The zero-order valence-corrected chi connectivity index (χ0v) is 15.1. The zero-order chi connectivity index (χ0) is 18.0. The molecular formula is C13H24N4O4S2. The van der Waals surface area contributed by atoms with Gasteiger partial charge in [0, 0.05) is 25.9 Å². The van der Waals surface area contributed by atoms with E-state index in [-0.39, 0.29) is 13.1 Å². The first-order chi connectivity index (χ1) is 10.6. The number of nitrogens with one attached hydrogen (secondary N) is 2. The summed E-state index contributed by atoms with van der Waals surface area (Å²) in [5, 5.41) is 16.8. The average molecular weight is 364 g/mol. The summed E-state index contributed by atoms with van der Waals surface area (Å²) in [6.45, 7) is 2.43. The Balaban J connectivity index is 4.66. The van der Waals surface area contributed by atoms with Crippen molar-refractivity contribution in [1.29, 1.82) is 10.5 Å². The SMILES string of the molecule is CC(C)(S(=O)(=O)NCCCCC#N)S(=O)(=O)NCCCCC#N. The summed E-state index contributed by atoms with van der Waals surface area (Å²) in [4.78, 5) is 0. The molecule has 0 spiro atoms. The summed E-state index contributed by atoms with van der Waals surface area (Å²) in [5.41, 5.74) is 0. The summed E-state index contributed by atoms with van der Waals surface area (Å²) in [6.07, 6.45) is 2.67. The summed E-state index contributed by atoms with van der Waals surface area (Å²) in [6, 6.07) is 3.91. The van der Waals surface area contributed by atoms with Crippen molar-refractivity contribution in [1.82, 2.24) is 9.44 Å². The van der Waals surface area contributed by atoms with Crippen LogP contribution in [0.4, 0.5) is 0 Å². The van der Waals surface area contributed by atoms with Crippen molar-refractivity contribution in [3.05, 3.63) is 0 Å². The fraction of sp³-hybridized carbons (Fsp3) is 0.846. The first-order valence-corrected chi connectivity index (χ1v) is 10.3. The monoisotopic (exact) mass is 364 g/mol. The summed E-state index contributed by atoms with van der Waals surface area (Å²) in [7, 11) is -8.18. The van der Waals surface area contributed by atoms with Gasteiger partial charge in [-0.05, 0) is 39.5 Å². The number of rotatable bonds is 12. The summed E-state index contributed by atoms with van der Waals surface area (Å²) in [5.74, 6) is 0. The molecule has 0 heterocycles.